The van der Waals surface area contributed by atoms with E-state index in [2.05, 4.69) is 33.9 Å². The summed E-state index contributed by atoms with van der Waals surface area (Å²) in [4.78, 5) is 12.6. The summed E-state index contributed by atoms with van der Waals surface area (Å²) in [5.74, 6) is -0.00497. The number of amides is 1. The third-order valence-electron chi connectivity index (χ3n) is 4.96. The van der Waals surface area contributed by atoms with Crippen LogP contribution in [0.1, 0.15) is 48.6 Å². The van der Waals surface area contributed by atoms with Crippen LogP contribution in [0.5, 0.6) is 0 Å². The Hall–Kier alpha value is -2.50. The van der Waals surface area contributed by atoms with E-state index in [-0.39, 0.29) is 11.7 Å². The van der Waals surface area contributed by atoms with Crippen molar-refractivity contribution in [2.45, 2.75) is 59.6 Å². The molecule has 0 aliphatic carbocycles. The Kier molecular flexibility index (Phi) is 6.83. The number of hydrogen-bond acceptors (Lipinski definition) is 6. The van der Waals surface area contributed by atoms with Gasteiger partial charge in [-0.2, -0.15) is 5.26 Å². The van der Waals surface area contributed by atoms with Crippen molar-refractivity contribution in [3.8, 4) is 6.07 Å². The Bertz CT molecular complexity index is 945. The molecule has 2 aromatic heterocycles. The molecule has 1 aliphatic heterocycles. The molecule has 1 amide bonds. The van der Waals surface area contributed by atoms with Crippen molar-refractivity contribution in [3.05, 3.63) is 33.6 Å². The van der Waals surface area contributed by atoms with Crippen molar-refractivity contribution in [2.24, 2.45) is 5.92 Å². The quantitative estimate of drug-likeness (QED) is 0.549. The first-order valence-corrected chi connectivity index (χ1v) is 10.7. The highest BCUT2D eigenvalue weighted by molar-refractivity contribution is 7.15. The van der Waals surface area contributed by atoms with Crippen molar-refractivity contribution in [3.63, 3.8) is 0 Å². The maximum Gasteiger partial charge on any atom is 0.268 e. The van der Waals surface area contributed by atoms with Crippen LogP contribution in [-0.4, -0.2) is 33.4 Å². The summed E-state index contributed by atoms with van der Waals surface area (Å²) in [7, 11) is 0. The van der Waals surface area contributed by atoms with Crippen molar-refractivity contribution in [1.29, 1.82) is 5.26 Å². The molecule has 1 unspecified atom stereocenters. The number of carbonyl (C=O) groups is 1. The zero-order valence-electron chi connectivity index (χ0n) is 17.4. The maximum absolute atomic E-state index is 12.6. The van der Waals surface area contributed by atoms with Gasteiger partial charge in [-0.1, -0.05) is 25.2 Å². The molecule has 3 heterocycles. The third-order valence-corrected chi connectivity index (χ3v) is 5.82. The number of aryl methyl sites for hydroxylation is 1. The number of nitrogens with zero attached hydrogens (tertiary/aromatic N) is 4. The van der Waals surface area contributed by atoms with Crippen LogP contribution in [0, 0.1) is 31.1 Å². The summed E-state index contributed by atoms with van der Waals surface area (Å²) >= 11 is 1.34. The van der Waals surface area contributed by atoms with Crippen LogP contribution in [0.25, 0.3) is 6.08 Å². The second-order valence-corrected chi connectivity index (χ2v) is 8.86. The molecule has 1 fully saturated rings. The van der Waals surface area contributed by atoms with E-state index in [0.717, 1.165) is 54.4 Å². The Morgan fingerprint density at radius 3 is 2.93 bits per heavy atom. The zero-order chi connectivity index (χ0) is 21.0. The summed E-state index contributed by atoms with van der Waals surface area (Å²) < 4.78 is 7.94. The van der Waals surface area contributed by atoms with Crippen molar-refractivity contribution in [1.82, 2.24) is 14.8 Å². The molecule has 1 atom stereocenters. The number of carbonyl (C=O) groups excluding carboxylic acids is 1. The molecule has 3 rings (SSSR count). The van der Waals surface area contributed by atoms with Gasteiger partial charge in [-0.15, -0.1) is 10.2 Å². The van der Waals surface area contributed by atoms with Gasteiger partial charge < -0.3 is 9.30 Å². The Balaban J connectivity index is 1.74. The second-order valence-electron chi connectivity index (χ2n) is 7.79. The first-order chi connectivity index (χ1) is 13.9. The average Bonchev–Trinajstić information content (AvgIpc) is 3.38. The van der Waals surface area contributed by atoms with E-state index in [1.807, 2.05) is 26.0 Å². The number of ether oxygens (including phenoxy) is 1. The molecule has 7 nitrogen and oxygen atoms in total. The number of hydrogen-bond donors (Lipinski definition) is 1. The lowest BCUT2D eigenvalue weighted by molar-refractivity contribution is -0.112. The molecule has 1 saturated heterocycles. The molecular formula is C21H27N5O2S. The average molecular weight is 414 g/mol. The fourth-order valence-electron chi connectivity index (χ4n) is 3.45. The number of nitriles is 1. The highest BCUT2D eigenvalue weighted by Crippen LogP contribution is 2.23. The predicted octanol–water partition coefficient (Wildman–Crippen LogP) is 3.88. The minimum absolute atomic E-state index is 0.0444. The molecule has 0 saturated carbocycles. The normalized spacial score (nSPS) is 17.0. The SMILES string of the molecule is Cc1cc(/C=C(\C#N)C(=O)Nc2nnc(CC(C)C)s2)c(C)n1CC1CCCO1. The smallest absolute Gasteiger partial charge is 0.268 e. The van der Waals surface area contributed by atoms with E-state index in [1.165, 1.54) is 11.3 Å². The molecule has 29 heavy (non-hydrogen) atoms. The van der Waals surface area contributed by atoms with Crippen LogP contribution in [0.2, 0.25) is 0 Å². The standard InChI is InChI=1S/C21H27N5O2S/c1-13(2)8-19-24-25-21(29-19)23-20(27)17(11-22)10-16-9-14(3)26(15(16)4)12-18-6-5-7-28-18/h9-10,13,18H,5-8,12H2,1-4H3,(H,23,25,27)/b17-10+. The molecule has 0 spiro atoms. The zero-order valence-corrected chi connectivity index (χ0v) is 18.2. The summed E-state index contributed by atoms with van der Waals surface area (Å²) in [5.41, 5.74) is 3.02. The molecule has 0 aromatic carbocycles. The minimum atomic E-state index is -0.469. The van der Waals surface area contributed by atoms with Crippen LogP contribution in [0.3, 0.4) is 0 Å². The van der Waals surface area contributed by atoms with Gasteiger partial charge in [0.15, 0.2) is 0 Å². The Morgan fingerprint density at radius 1 is 1.48 bits per heavy atom. The summed E-state index contributed by atoms with van der Waals surface area (Å²) in [6.45, 7) is 9.85. The highest BCUT2D eigenvalue weighted by Gasteiger charge is 2.19. The van der Waals surface area contributed by atoms with E-state index in [0.29, 0.717) is 11.0 Å². The lowest BCUT2D eigenvalue weighted by Crippen LogP contribution is -2.17. The number of anilines is 1. The highest BCUT2D eigenvalue weighted by atomic mass is 32.1. The number of nitrogens with one attached hydrogen (secondary N) is 1. The van der Waals surface area contributed by atoms with Crippen LogP contribution in [-0.2, 0) is 22.5 Å². The van der Waals surface area contributed by atoms with Gasteiger partial charge in [-0.05, 0) is 50.3 Å². The molecule has 8 heteroatoms. The minimum Gasteiger partial charge on any atom is -0.376 e. The largest absolute Gasteiger partial charge is 0.376 e. The van der Waals surface area contributed by atoms with Crippen LogP contribution in [0.15, 0.2) is 11.6 Å². The van der Waals surface area contributed by atoms with Gasteiger partial charge in [-0.3, -0.25) is 10.1 Å². The lowest BCUT2D eigenvalue weighted by Gasteiger charge is -2.14. The van der Waals surface area contributed by atoms with E-state index >= 15 is 0 Å². The monoisotopic (exact) mass is 413 g/mol. The van der Waals surface area contributed by atoms with E-state index in [9.17, 15) is 10.1 Å². The lowest BCUT2D eigenvalue weighted by atomic mass is 10.1. The van der Waals surface area contributed by atoms with Gasteiger partial charge in [0, 0.05) is 31.0 Å². The van der Waals surface area contributed by atoms with Gasteiger partial charge in [0.25, 0.3) is 5.91 Å². The third kappa shape index (κ3) is 5.31. The molecule has 0 radical (unpaired) electrons. The van der Waals surface area contributed by atoms with E-state index < -0.39 is 5.91 Å². The summed E-state index contributed by atoms with van der Waals surface area (Å²) in [6, 6.07) is 4.01. The molecule has 154 valence electrons. The van der Waals surface area contributed by atoms with Crippen LogP contribution < -0.4 is 5.32 Å². The first-order valence-electron chi connectivity index (χ1n) is 9.91. The van der Waals surface area contributed by atoms with Crippen LogP contribution in [0.4, 0.5) is 5.13 Å². The van der Waals surface area contributed by atoms with Crippen molar-refractivity contribution < 1.29 is 9.53 Å². The van der Waals surface area contributed by atoms with Crippen LogP contribution >= 0.6 is 11.3 Å². The van der Waals surface area contributed by atoms with Gasteiger partial charge in [0.2, 0.25) is 5.13 Å². The van der Waals surface area contributed by atoms with E-state index in [4.69, 9.17) is 4.74 Å². The molecule has 2 aromatic rings. The van der Waals surface area contributed by atoms with Crippen molar-refractivity contribution >= 4 is 28.5 Å². The topological polar surface area (TPSA) is 92.8 Å². The summed E-state index contributed by atoms with van der Waals surface area (Å²) in [6.07, 6.45) is 4.84. The van der Waals surface area contributed by atoms with Gasteiger partial charge in [-0.25, -0.2) is 0 Å². The first kappa shape index (κ1) is 21.2. The van der Waals surface area contributed by atoms with Gasteiger partial charge in [0.05, 0.1) is 6.10 Å². The Morgan fingerprint density at radius 2 is 2.28 bits per heavy atom. The Labute approximate surface area is 175 Å². The molecular weight excluding hydrogens is 386 g/mol. The fourth-order valence-corrected chi connectivity index (χ4v) is 4.40. The number of rotatable bonds is 7. The predicted molar refractivity (Wildman–Crippen MR) is 114 cm³/mol. The molecule has 0 bridgehead atoms. The van der Waals surface area contributed by atoms with E-state index in [1.54, 1.807) is 6.08 Å². The maximum atomic E-state index is 12.6. The number of aromatic nitrogens is 3. The van der Waals surface area contributed by atoms with Gasteiger partial charge in [0.1, 0.15) is 16.6 Å². The van der Waals surface area contributed by atoms with Crippen molar-refractivity contribution in [2.75, 3.05) is 11.9 Å². The second kappa shape index (κ2) is 9.33. The fraction of sp³-hybridized carbons (Fsp3) is 0.524. The van der Waals surface area contributed by atoms with Gasteiger partial charge >= 0.3 is 0 Å². The molecule has 1 N–H and O–H groups in total. The summed E-state index contributed by atoms with van der Waals surface area (Å²) in [5, 5.41) is 21.6. The molecule has 1 aliphatic rings.